The van der Waals surface area contributed by atoms with Crippen LogP contribution in [0, 0.1) is 23.1 Å². The van der Waals surface area contributed by atoms with Crippen molar-refractivity contribution in [1.29, 1.82) is 5.26 Å². The average molecular weight is 418 g/mol. The molecule has 2 atom stereocenters. The summed E-state index contributed by atoms with van der Waals surface area (Å²) in [6.07, 6.45) is 1.46. The van der Waals surface area contributed by atoms with Crippen LogP contribution in [-0.2, 0) is 0 Å². The molecule has 1 aromatic heterocycles. The van der Waals surface area contributed by atoms with Crippen LogP contribution < -0.4 is 4.90 Å². The van der Waals surface area contributed by atoms with E-state index in [0.717, 1.165) is 12.8 Å². The van der Waals surface area contributed by atoms with Crippen LogP contribution in [0.2, 0.25) is 10.3 Å². The molecule has 0 bridgehead atoms. The number of halogens is 4. The molecule has 1 fully saturated rings. The minimum absolute atomic E-state index is 0.0183. The first-order valence-corrected chi connectivity index (χ1v) is 8.64. The van der Waals surface area contributed by atoms with Crippen LogP contribution in [0.3, 0.4) is 0 Å². The molecule has 1 aromatic carbocycles. The molecule has 2 unspecified atom stereocenters. The predicted octanol–water partition coefficient (Wildman–Crippen LogP) is 4.97. The van der Waals surface area contributed by atoms with E-state index in [1.54, 1.807) is 6.07 Å². The molecule has 0 N–H and O–H groups in total. The van der Waals surface area contributed by atoms with Gasteiger partial charge in [-0.2, -0.15) is 10.2 Å². The minimum atomic E-state index is -0.558. The standard InChI is InChI=1S/C15H12BrCl2FN4/c1-7-4-8(6-20)2-3-23(7)14-9-5-10(17)11(16)12(19)13(9)21-15(18)22-14/h5,7-8H,2-4H2,1H3. The quantitative estimate of drug-likeness (QED) is 0.485. The van der Waals surface area contributed by atoms with Crippen molar-refractivity contribution in [2.24, 2.45) is 5.92 Å². The second-order valence-corrected chi connectivity index (χ2v) is 7.13. The number of aromatic nitrogens is 2. The lowest BCUT2D eigenvalue weighted by atomic mass is 9.92. The molecule has 1 saturated heterocycles. The Morgan fingerprint density at radius 1 is 1.43 bits per heavy atom. The normalized spacial score (nSPS) is 21.5. The molecule has 0 aliphatic carbocycles. The molecule has 0 saturated carbocycles. The van der Waals surface area contributed by atoms with Crippen molar-refractivity contribution in [2.45, 2.75) is 25.8 Å². The van der Waals surface area contributed by atoms with Gasteiger partial charge in [-0.15, -0.1) is 0 Å². The van der Waals surface area contributed by atoms with E-state index in [0.29, 0.717) is 17.7 Å². The lowest BCUT2D eigenvalue weighted by Crippen LogP contribution is -2.41. The Hall–Kier alpha value is -1.16. The number of anilines is 1. The molecule has 0 radical (unpaired) electrons. The van der Waals surface area contributed by atoms with Gasteiger partial charge in [-0.25, -0.2) is 9.37 Å². The number of nitrogens with zero attached hydrogens (tertiary/aromatic N) is 4. The fourth-order valence-electron chi connectivity index (χ4n) is 2.95. The van der Waals surface area contributed by atoms with Crippen molar-refractivity contribution in [2.75, 3.05) is 11.4 Å². The van der Waals surface area contributed by atoms with Gasteiger partial charge in [0.1, 0.15) is 11.3 Å². The van der Waals surface area contributed by atoms with Crippen LogP contribution in [0.25, 0.3) is 10.9 Å². The predicted molar refractivity (Wildman–Crippen MR) is 92.4 cm³/mol. The largest absolute Gasteiger partial charge is 0.353 e. The highest BCUT2D eigenvalue weighted by Crippen LogP contribution is 2.37. The Bertz CT molecular complexity index is 823. The number of rotatable bonds is 1. The Balaban J connectivity index is 2.16. The van der Waals surface area contributed by atoms with Crippen molar-refractivity contribution >= 4 is 55.9 Å². The molecule has 120 valence electrons. The van der Waals surface area contributed by atoms with Gasteiger partial charge in [0.2, 0.25) is 5.28 Å². The summed E-state index contributed by atoms with van der Waals surface area (Å²) in [6, 6.07) is 4.04. The fourth-order valence-corrected chi connectivity index (χ4v) is 3.61. The molecular weight excluding hydrogens is 406 g/mol. The summed E-state index contributed by atoms with van der Waals surface area (Å²) in [5.41, 5.74) is 0.130. The van der Waals surface area contributed by atoms with Crippen molar-refractivity contribution < 1.29 is 4.39 Å². The van der Waals surface area contributed by atoms with Crippen LogP contribution in [0.5, 0.6) is 0 Å². The number of fused-ring (bicyclic) bond motifs is 1. The van der Waals surface area contributed by atoms with E-state index in [1.165, 1.54) is 0 Å². The van der Waals surface area contributed by atoms with E-state index in [1.807, 2.05) is 11.8 Å². The average Bonchev–Trinajstić information content (AvgIpc) is 2.53. The van der Waals surface area contributed by atoms with Crippen molar-refractivity contribution in [3.8, 4) is 6.07 Å². The number of benzene rings is 1. The first-order valence-electron chi connectivity index (χ1n) is 7.09. The van der Waals surface area contributed by atoms with E-state index in [2.05, 4.69) is 32.0 Å². The molecule has 2 aromatic rings. The Kier molecular flexibility index (Phi) is 4.63. The maximum atomic E-state index is 14.5. The maximum Gasteiger partial charge on any atom is 0.225 e. The SMILES string of the molecule is CC1CC(C#N)CCN1c1nc(Cl)nc2c(F)c(Br)c(Cl)cc12. The monoisotopic (exact) mass is 416 g/mol. The summed E-state index contributed by atoms with van der Waals surface area (Å²) in [5, 5.41) is 9.85. The molecule has 8 heteroatoms. The highest BCUT2D eigenvalue weighted by Gasteiger charge is 2.28. The molecule has 0 amide bonds. The number of hydrogen-bond donors (Lipinski definition) is 0. The summed E-state index contributed by atoms with van der Waals surface area (Å²) in [6.45, 7) is 2.67. The minimum Gasteiger partial charge on any atom is -0.353 e. The molecule has 1 aliphatic rings. The van der Waals surface area contributed by atoms with Gasteiger partial charge in [0.25, 0.3) is 0 Å². The van der Waals surface area contributed by atoms with E-state index in [9.17, 15) is 4.39 Å². The summed E-state index contributed by atoms with van der Waals surface area (Å²) >= 11 is 15.2. The zero-order chi connectivity index (χ0) is 16.7. The van der Waals surface area contributed by atoms with Crippen LogP contribution >= 0.6 is 39.1 Å². The summed E-state index contributed by atoms with van der Waals surface area (Å²) in [7, 11) is 0. The molecular formula is C15H12BrCl2FN4. The first kappa shape index (κ1) is 16.7. The van der Waals surface area contributed by atoms with Gasteiger partial charge in [0.05, 0.1) is 15.6 Å². The molecule has 0 spiro atoms. The van der Waals surface area contributed by atoms with Gasteiger partial charge in [-0.1, -0.05) is 11.6 Å². The maximum absolute atomic E-state index is 14.5. The Morgan fingerprint density at radius 2 is 2.17 bits per heavy atom. The first-order chi connectivity index (χ1) is 10.9. The number of nitriles is 1. The van der Waals surface area contributed by atoms with Gasteiger partial charge in [-0.3, -0.25) is 0 Å². The lowest BCUT2D eigenvalue weighted by molar-refractivity contribution is 0.414. The van der Waals surface area contributed by atoms with Crippen LogP contribution in [0.15, 0.2) is 10.5 Å². The van der Waals surface area contributed by atoms with Gasteiger partial charge >= 0.3 is 0 Å². The third-order valence-corrected chi connectivity index (χ3v) is 5.58. The number of hydrogen-bond acceptors (Lipinski definition) is 4. The Labute approximate surface area is 151 Å². The van der Waals surface area contributed by atoms with E-state index in [4.69, 9.17) is 28.5 Å². The smallest absolute Gasteiger partial charge is 0.225 e. The molecule has 3 rings (SSSR count). The summed E-state index contributed by atoms with van der Waals surface area (Å²) in [5.74, 6) is 0.0223. The second kappa shape index (κ2) is 6.39. The van der Waals surface area contributed by atoms with Gasteiger partial charge < -0.3 is 4.90 Å². The molecule has 4 nitrogen and oxygen atoms in total. The lowest BCUT2D eigenvalue weighted by Gasteiger charge is -2.37. The van der Waals surface area contributed by atoms with Crippen molar-refractivity contribution in [3.05, 3.63) is 26.7 Å². The van der Waals surface area contributed by atoms with Gasteiger partial charge in [0.15, 0.2) is 5.82 Å². The van der Waals surface area contributed by atoms with E-state index in [-0.39, 0.29) is 32.3 Å². The van der Waals surface area contributed by atoms with Crippen LogP contribution in [0.1, 0.15) is 19.8 Å². The van der Waals surface area contributed by atoms with Crippen LogP contribution in [0.4, 0.5) is 10.2 Å². The third kappa shape index (κ3) is 2.98. The zero-order valence-electron chi connectivity index (χ0n) is 12.2. The molecule has 23 heavy (non-hydrogen) atoms. The summed E-state index contributed by atoms with van der Waals surface area (Å²) in [4.78, 5) is 10.3. The zero-order valence-corrected chi connectivity index (χ0v) is 15.3. The Morgan fingerprint density at radius 3 is 2.83 bits per heavy atom. The number of piperidine rings is 1. The topological polar surface area (TPSA) is 52.8 Å². The molecule has 2 heterocycles. The van der Waals surface area contributed by atoms with E-state index < -0.39 is 5.82 Å². The fraction of sp³-hybridized carbons (Fsp3) is 0.400. The second-order valence-electron chi connectivity index (χ2n) is 5.59. The highest BCUT2D eigenvalue weighted by molar-refractivity contribution is 9.10. The van der Waals surface area contributed by atoms with Crippen molar-refractivity contribution in [3.63, 3.8) is 0 Å². The van der Waals surface area contributed by atoms with E-state index >= 15 is 0 Å². The van der Waals surface area contributed by atoms with Gasteiger partial charge in [0, 0.05) is 23.9 Å². The summed E-state index contributed by atoms with van der Waals surface area (Å²) < 4.78 is 14.6. The van der Waals surface area contributed by atoms with Crippen LogP contribution in [-0.4, -0.2) is 22.6 Å². The molecule has 1 aliphatic heterocycles. The van der Waals surface area contributed by atoms with Gasteiger partial charge in [-0.05, 0) is 53.4 Å². The van der Waals surface area contributed by atoms with Crippen molar-refractivity contribution in [1.82, 2.24) is 9.97 Å². The highest BCUT2D eigenvalue weighted by atomic mass is 79.9. The third-order valence-electron chi connectivity index (χ3n) is 4.11.